The molecule has 6 nitrogen and oxygen atoms in total. The molecule has 272 valence electrons. The summed E-state index contributed by atoms with van der Waals surface area (Å²) in [7, 11) is 0. The van der Waals surface area contributed by atoms with E-state index in [1.165, 1.54) is 11.1 Å². The molecule has 0 heterocycles. The largest absolute Gasteiger partial charge is 0.463 e. The van der Waals surface area contributed by atoms with Crippen LogP contribution in [0.4, 0.5) is 0 Å². The van der Waals surface area contributed by atoms with E-state index in [9.17, 15) is 14.4 Å². The summed E-state index contributed by atoms with van der Waals surface area (Å²) in [6.07, 6.45) is 3.03. The zero-order valence-electron chi connectivity index (χ0n) is 31.9. The van der Waals surface area contributed by atoms with Crippen LogP contribution in [-0.2, 0) is 60.7 Å². The van der Waals surface area contributed by atoms with E-state index in [4.69, 9.17) is 14.2 Å². The van der Waals surface area contributed by atoms with Crippen LogP contribution >= 0.6 is 0 Å². The Kier molecular flexibility index (Phi) is 11.0. The predicted octanol–water partition coefficient (Wildman–Crippen LogP) is 9.04. The second-order valence-electron chi connectivity index (χ2n) is 14.4. The molecule has 4 aromatic carbocycles. The normalized spacial score (nSPS) is 14.5. The summed E-state index contributed by atoms with van der Waals surface area (Å²) in [6, 6.07) is 24.9. The number of carbonyl (C=O) groups excluding carboxylic acids is 3. The van der Waals surface area contributed by atoms with Crippen LogP contribution in [0.3, 0.4) is 0 Å². The number of fused-ring (bicyclic) bond motifs is 5. The molecular formula is C47H48O6. The molecule has 0 atom stereocenters. The number of carbonyl (C=O) groups is 3. The number of aryl methyl sites for hydroxylation is 2. The Labute approximate surface area is 313 Å². The first kappa shape index (κ1) is 37.4. The van der Waals surface area contributed by atoms with Crippen molar-refractivity contribution >= 4 is 23.5 Å². The first-order chi connectivity index (χ1) is 25.5. The lowest BCUT2D eigenvalue weighted by atomic mass is 9.73. The number of hydrogen-bond donors (Lipinski definition) is 0. The maximum Gasteiger partial charge on any atom is 0.331 e. The zero-order valence-corrected chi connectivity index (χ0v) is 31.9. The van der Waals surface area contributed by atoms with E-state index >= 15 is 0 Å². The van der Waals surface area contributed by atoms with Gasteiger partial charge in [-0.15, -0.1) is 0 Å². The van der Waals surface area contributed by atoms with Crippen molar-refractivity contribution < 1.29 is 28.6 Å². The van der Waals surface area contributed by atoms with Crippen molar-refractivity contribution in [1.82, 2.24) is 0 Å². The molecule has 0 saturated carbocycles. The van der Waals surface area contributed by atoms with Crippen LogP contribution < -0.4 is 0 Å². The monoisotopic (exact) mass is 708 g/mol. The van der Waals surface area contributed by atoms with Crippen molar-refractivity contribution in [2.75, 3.05) is 6.61 Å². The van der Waals surface area contributed by atoms with Crippen LogP contribution in [0, 0.1) is 17.3 Å². The minimum Gasteiger partial charge on any atom is -0.463 e. The minimum absolute atomic E-state index is 0.0407. The molecule has 0 saturated heterocycles. The maximum absolute atomic E-state index is 14.3. The number of allylic oxidation sites excluding steroid dienone is 1. The van der Waals surface area contributed by atoms with Crippen molar-refractivity contribution in [2.24, 2.45) is 5.41 Å². The van der Waals surface area contributed by atoms with E-state index < -0.39 is 35.5 Å². The average Bonchev–Trinajstić information content (AvgIpc) is 3.56. The van der Waals surface area contributed by atoms with Crippen molar-refractivity contribution in [3.63, 3.8) is 0 Å². The highest BCUT2D eigenvalue weighted by molar-refractivity contribution is 6.07. The molecule has 0 radical (unpaired) electrons. The standard InChI is InChI=1S/C47H48O6/c1-8-31-15-17-33(18-16-31)21-24-38-39-27-47(45(49)52-29(4)5,46(50)53-30(6)7)28-40(39)43-36(26-41(48)51-10-3)25-35-13-11-12-14-37(35)44(43)42(38)34-22-19-32(9-2)20-23-34/h11-20,22-23,26,29-30H,8-10,25,27-28H2,1-7H3/b36-26+. The summed E-state index contributed by atoms with van der Waals surface area (Å²) >= 11 is 0. The van der Waals surface area contributed by atoms with Gasteiger partial charge in [-0.25, -0.2) is 4.79 Å². The molecule has 0 aliphatic heterocycles. The van der Waals surface area contributed by atoms with E-state index in [-0.39, 0.29) is 19.4 Å². The molecule has 0 fully saturated rings. The predicted molar refractivity (Wildman–Crippen MR) is 209 cm³/mol. The average molecular weight is 709 g/mol. The van der Waals surface area contributed by atoms with Crippen LogP contribution in [0.1, 0.15) is 93.0 Å². The van der Waals surface area contributed by atoms with Gasteiger partial charge in [0.15, 0.2) is 5.41 Å². The lowest BCUT2D eigenvalue weighted by Crippen LogP contribution is -2.44. The molecule has 0 bridgehead atoms. The first-order valence-electron chi connectivity index (χ1n) is 18.8. The van der Waals surface area contributed by atoms with Gasteiger partial charge in [0.05, 0.1) is 18.8 Å². The van der Waals surface area contributed by atoms with Crippen LogP contribution in [0.15, 0.2) is 78.9 Å². The molecule has 0 unspecified atom stereocenters. The van der Waals surface area contributed by atoms with E-state index in [1.54, 1.807) is 40.7 Å². The second kappa shape index (κ2) is 15.7. The fraction of sp³-hybridized carbons (Fsp3) is 0.340. The summed E-state index contributed by atoms with van der Waals surface area (Å²) in [6.45, 7) is 13.4. The highest BCUT2D eigenvalue weighted by Gasteiger charge is 2.55. The van der Waals surface area contributed by atoms with Gasteiger partial charge in [-0.1, -0.05) is 86.4 Å². The van der Waals surface area contributed by atoms with Gasteiger partial charge in [0.2, 0.25) is 0 Å². The molecule has 4 aromatic rings. The van der Waals surface area contributed by atoms with Gasteiger partial charge in [0.25, 0.3) is 0 Å². The molecule has 0 amide bonds. The quantitative estimate of drug-likeness (QED) is 0.0568. The molecule has 6 rings (SSSR count). The number of rotatable bonds is 9. The molecule has 53 heavy (non-hydrogen) atoms. The molecule has 0 aromatic heterocycles. The van der Waals surface area contributed by atoms with Gasteiger partial charge in [-0.2, -0.15) is 0 Å². The number of esters is 3. The van der Waals surface area contributed by atoms with Crippen LogP contribution in [-0.4, -0.2) is 36.7 Å². The molecule has 6 heteroatoms. The Hall–Kier alpha value is -5.41. The smallest absolute Gasteiger partial charge is 0.331 e. The lowest BCUT2D eigenvalue weighted by Gasteiger charge is -2.29. The van der Waals surface area contributed by atoms with Crippen molar-refractivity contribution in [3.05, 3.63) is 123 Å². The Bertz CT molecular complexity index is 2120. The SMILES string of the molecule is CCOC(=O)/C=C1\Cc2ccccc2-c2c1c1c(c(C#Cc3ccc(CC)cc3)c2-c2ccc(CC)cc2)CC(C(=O)OC(C)C)(C(=O)OC(C)C)C1. The summed E-state index contributed by atoms with van der Waals surface area (Å²) in [4.78, 5) is 41.9. The van der Waals surface area contributed by atoms with Crippen molar-refractivity contribution in [3.8, 4) is 34.1 Å². The topological polar surface area (TPSA) is 78.9 Å². The van der Waals surface area contributed by atoms with Crippen LogP contribution in [0.5, 0.6) is 0 Å². The number of benzene rings is 4. The third-order valence-corrected chi connectivity index (χ3v) is 10.1. The highest BCUT2D eigenvalue weighted by Crippen LogP contribution is 2.54. The fourth-order valence-electron chi connectivity index (χ4n) is 7.51. The van der Waals surface area contributed by atoms with E-state index in [2.05, 4.69) is 74.2 Å². The third-order valence-electron chi connectivity index (χ3n) is 10.1. The molecular weight excluding hydrogens is 661 g/mol. The minimum atomic E-state index is -1.65. The van der Waals surface area contributed by atoms with Crippen molar-refractivity contribution in [1.29, 1.82) is 0 Å². The Morgan fingerprint density at radius 1 is 0.717 bits per heavy atom. The summed E-state index contributed by atoms with van der Waals surface area (Å²) in [5, 5.41) is 0. The van der Waals surface area contributed by atoms with Gasteiger partial charge in [-0.05, 0) is 122 Å². The van der Waals surface area contributed by atoms with Gasteiger partial charge in [0, 0.05) is 35.6 Å². The van der Waals surface area contributed by atoms with E-state index in [0.717, 1.165) is 74.0 Å². The Balaban J connectivity index is 1.76. The van der Waals surface area contributed by atoms with Crippen LogP contribution in [0.25, 0.3) is 27.8 Å². The fourth-order valence-corrected chi connectivity index (χ4v) is 7.51. The van der Waals surface area contributed by atoms with Crippen molar-refractivity contribution in [2.45, 2.75) is 92.8 Å². The van der Waals surface area contributed by atoms with E-state index in [0.29, 0.717) is 6.42 Å². The highest BCUT2D eigenvalue weighted by atomic mass is 16.6. The van der Waals surface area contributed by atoms with Gasteiger partial charge < -0.3 is 14.2 Å². The Morgan fingerprint density at radius 2 is 1.30 bits per heavy atom. The van der Waals surface area contributed by atoms with Gasteiger partial charge in [-0.3, -0.25) is 9.59 Å². The molecule has 0 N–H and O–H groups in total. The summed E-state index contributed by atoms with van der Waals surface area (Å²) in [5.41, 5.74) is 10.4. The molecule has 0 spiro atoms. The molecule has 2 aliphatic carbocycles. The summed E-state index contributed by atoms with van der Waals surface area (Å²) in [5.74, 6) is 5.33. The number of hydrogen-bond acceptors (Lipinski definition) is 6. The van der Waals surface area contributed by atoms with Gasteiger partial charge >= 0.3 is 17.9 Å². The molecule has 2 aliphatic rings. The van der Waals surface area contributed by atoms with Gasteiger partial charge in [0.1, 0.15) is 0 Å². The van der Waals surface area contributed by atoms with Crippen LogP contribution in [0.2, 0.25) is 0 Å². The Morgan fingerprint density at radius 3 is 1.89 bits per heavy atom. The first-order valence-corrected chi connectivity index (χ1v) is 18.8. The number of ether oxygens (including phenoxy) is 3. The zero-order chi connectivity index (χ0) is 37.9. The third kappa shape index (κ3) is 7.44. The maximum atomic E-state index is 14.3. The second-order valence-corrected chi connectivity index (χ2v) is 14.4. The van der Waals surface area contributed by atoms with E-state index in [1.807, 2.05) is 24.3 Å². The lowest BCUT2D eigenvalue weighted by molar-refractivity contribution is -0.176. The summed E-state index contributed by atoms with van der Waals surface area (Å²) < 4.78 is 17.2.